The van der Waals surface area contributed by atoms with Crippen molar-refractivity contribution < 1.29 is 9.47 Å². The Balaban J connectivity index is 1.63. The van der Waals surface area contributed by atoms with Crippen molar-refractivity contribution in [3.8, 4) is 11.5 Å². The van der Waals surface area contributed by atoms with Crippen LogP contribution in [0.3, 0.4) is 0 Å². The van der Waals surface area contributed by atoms with Gasteiger partial charge in [0, 0.05) is 14.4 Å². The maximum atomic E-state index is 6.12. The smallest absolute Gasteiger partial charge is 0.127 e. The van der Waals surface area contributed by atoms with Crippen LogP contribution in [0.5, 0.6) is 11.5 Å². The first-order chi connectivity index (χ1) is 13.5. The van der Waals surface area contributed by atoms with Gasteiger partial charge in [-0.25, -0.2) is 0 Å². The van der Waals surface area contributed by atoms with Gasteiger partial charge < -0.3 is 9.47 Å². The molecule has 0 aliphatic heterocycles. The fraction of sp³-hybridized carbons (Fsp3) is 0.250. The van der Waals surface area contributed by atoms with Crippen LogP contribution < -0.4 is 4.74 Å². The van der Waals surface area contributed by atoms with Crippen LogP contribution in [0.1, 0.15) is 31.4 Å². The molecule has 0 saturated heterocycles. The van der Waals surface area contributed by atoms with E-state index in [0.29, 0.717) is 13.2 Å². The summed E-state index contributed by atoms with van der Waals surface area (Å²) in [7, 11) is 0. The highest BCUT2D eigenvalue weighted by atomic mass is 79.9. The Bertz CT molecular complexity index is 911. The monoisotopic (exact) mass is 502 g/mol. The third-order valence-corrected chi connectivity index (χ3v) is 6.84. The molecule has 2 nitrogen and oxygen atoms in total. The first-order valence-electron chi connectivity index (χ1n) is 9.35. The van der Waals surface area contributed by atoms with Crippen molar-refractivity contribution in [2.75, 3.05) is 6.61 Å². The minimum absolute atomic E-state index is 0.0403. The van der Waals surface area contributed by atoms with Crippen LogP contribution in [-0.2, 0) is 16.8 Å². The van der Waals surface area contributed by atoms with Crippen molar-refractivity contribution in [3.05, 3.63) is 92.9 Å². The number of rotatable bonds is 8. The van der Waals surface area contributed by atoms with E-state index in [2.05, 4.69) is 70.0 Å². The lowest BCUT2D eigenvalue weighted by atomic mass is 9.81. The molecule has 0 aromatic heterocycles. The average Bonchev–Trinajstić information content (AvgIpc) is 2.71. The van der Waals surface area contributed by atoms with E-state index in [1.54, 1.807) is 0 Å². The molecule has 0 spiro atoms. The maximum absolute atomic E-state index is 6.12. The van der Waals surface area contributed by atoms with Gasteiger partial charge in [0.25, 0.3) is 0 Å². The van der Waals surface area contributed by atoms with Crippen LogP contribution in [0.15, 0.2) is 81.7 Å². The molecular weight excluding hydrogens is 480 g/mol. The van der Waals surface area contributed by atoms with E-state index in [4.69, 9.17) is 9.47 Å². The van der Waals surface area contributed by atoms with E-state index in [0.717, 1.165) is 32.4 Å². The van der Waals surface area contributed by atoms with Crippen molar-refractivity contribution in [1.82, 2.24) is 0 Å². The van der Waals surface area contributed by atoms with Gasteiger partial charge in [0.05, 0.1) is 13.2 Å². The predicted molar refractivity (Wildman–Crippen MR) is 122 cm³/mol. The first-order valence-corrected chi connectivity index (χ1v) is 10.9. The molecule has 4 heteroatoms. The molecule has 146 valence electrons. The van der Waals surface area contributed by atoms with Gasteiger partial charge >= 0.3 is 0 Å². The van der Waals surface area contributed by atoms with E-state index < -0.39 is 0 Å². The second-order valence-corrected chi connectivity index (χ2v) is 8.81. The molecule has 0 fully saturated rings. The lowest BCUT2D eigenvalue weighted by Crippen LogP contribution is -2.27. The van der Waals surface area contributed by atoms with Crippen LogP contribution in [0, 0.1) is 0 Å². The first kappa shape index (κ1) is 21.1. The maximum Gasteiger partial charge on any atom is 0.127 e. The third kappa shape index (κ3) is 5.47. The number of hydrogen-bond donors (Lipinski definition) is 0. The number of hydrogen-bond acceptors (Lipinski definition) is 2. The molecule has 28 heavy (non-hydrogen) atoms. The van der Waals surface area contributed by atoms with Gasteiger partial charge in [0.1, 0.15) is 11.5 Å². The summed E-state index contributed by atoms with van der Waals surface area (Å²) in [6.45, 7) is 5.66. The lowest BCUT2D eigenvalue weighted by Gasteiger charge is -2.29. The van der Waals surface area contributed by atoms with E-state index in [-0.39, 0.29) is 5.41 Å². The highest BCUT2D eigenvalue weighted by molar-refractivity contribution is 9.13. The summed E-state index contributed by atoms with van der Waals surface area (Å²) in [6, 6.07) is 24.3. The molecule has 0 saturated carbocycles. The van der Waals surface area contributed by atoms with Crippen molar-refractivity contribution in [2.24, 2.45) is 0 Å². The molecule has 0 aliphatic rings. The van der Waals surface area contributed by atoms with Crippen LogP contribution in [-0.4, -0.2) is 6.61 Å². The summed E-state index contributed by atoms with van der Waals surface area (Å²) in [5.74, 6) is 1.65. The molecule has 1 atom stereocenters. The summed E-state index contributed by atoms with van der Waals surface area (Å²) >= 11 is 7.15. The Morgan fingerprint density at radius 3 is 2.29 bits per heavy atom. The van der Waals surface area contributed by atoms with E-state index in [9.17, 15) is 0 Å². The van der Waals surface area contributed by atoms with Gasteiger partial charge in [0.15, 0.2) is 0 Å². The Labute approximate surface area is 184 Å². The summed E-state index contributed by atoms with van der Waals surface area (Å²) < 4.78 is 14.2. The summed E-state index contributed by atoms with van der Waals surface area (Å²) in [5, 5.41) is 0. The quantitative estimate of drug-likeness (QED) is 0.311. The zero-order valence-corrected chi connectivity index (χ0v) is 19.3. The Morgan fingerprint density at radius 2 is 1.57 bits per heavy atom. The Kier molecular flexibility index (Phi) is 7.33. The largest absolute Gasteiger partial charge is 0.457 e. The molecular formula is C24H24Br2O2. The van der Waals surface area contributed by atoms with Crippen molar-refractivity contribution in [2.45, 2.75) is 32.3 Å². The zero-order valence-electron chi connectivity index (χ0n) is 16.1. The minimum Gasteiger partial charge on any atom is -0.457 e. The molecule has 0 heterocycles. The van der Waals surface area contributed by atoms with E-state index in [1.807, 2.05) is 48.5 Å². The second-order valence-electron chi connectivity index (χ2n) is 7.10. The summed E-state index contributed by atoms with van der Waals surface area (Å²) in [6.07, 6.45) is 0.998. The van der Waals surface area contributed by atoms with Gasteiger partial charge in [-0.15, -0.1) is 0 Å². The molecule has 0 bridgehead atoms. The molecule has 3 aromatic rings. The fourth-order valence-electron chi connectivity index (χ4n) is 2.98. The van der Waals surface area contributed by atoms with Crippen molar-refractivity contribution in [3.63, 3.8) is 0 Å². The Hall–Kier alpha value is -1.62. The molecule has 3 aromatic carbocycles. The Morgan fingerprint density at radius 1 is 0.821 bits per heavy atom. The zero-order chi connectivity index (χ0) is 20.0. The number of halogens is 2. The van der Waals surface area contributed by atoms with Crippen LogP contribution >= 0.6 is 31.9 Å². The van der Waals surface area contributed by atoms with Gasteiger partial charge in [-0.1, -0.05) is 50.2 Å². The van der Waals surface area contributed by atoms with Gasteiger partial charge in [0.2, 0.25) is 0 Å². The highest BCUT2D eigenvalue weighted by Crippen LogP contribution is 2.33. The molecule has 0 aliphatic carbocycles. The molecule has 0 amide bonds. The molecule has 0 N–H and O–H groups in total. The summed E-state index contributed by atoms with van der Waals surface area (Å²) in [4.78, 5) is 0. The second kappa shape index (κ2) is 9.73. The van der Waals surface area contributed by atoms with E-state index >= 15 is 0 Å². The number of ether oxygens (including phenoxy) is 2. The van der Waals surface area contributed by atoms with E-state index in [1.165, 1.54) is 5.56 Å². The van der Waals surface area contributed by atoms with Gasteiger partial charge in [-0.05, 0) is 85.8 Å². The number of para-hydroxylation sites is 1. The standard InChI is InChI=1S/C24H24Br2O2/c1-3-24(2,19-12-13-22(25)23(26)15-19)17-27-16-18-8-7-11-21(14-18)28-20-9-5-4-6-10-20/h4-15H,3,16-17H2,1-2H3. The van der Waals surface area contributed by atoms with Gasteiger partial charge in [-0.2, -0.15) is 0 Å². The van der Waals surface area contributed by atoms with Crippen molar-refractivity contribution in [1.29, 1.82) is 0 Å². The van der Waals surface area contributed by atoms with Crippen LogP contribution in [0.2, 0.25) is 0 Å². The summed E-state index contributed by atoms with van der Waals surface area (Å²) in [5.41, 5.74) is 2.33. The molecule has 3 rings (SSSR count). The normalized spacial score (nSPS) is 13.1. The molecule has 1 unspecified atom stereocenters. The fourth-order valence-corrected chi connectivity index (χ4v) is 3.60. The number of benzene rings is 3. The lowest BCUT2D eigenvalue weighted by molar-refractivity contribution is 0.0747. The predicted octanol–water partition coefficient (Wildman–Crippen LogP) is 7.89. The SMILES string of the molecule is CCC(C)(COCc1cccc(Oc2ccccc2)c1)c1ccc(Br)c(Br)c1. The van der Waals surface area contributed by atoms with Gasteiger partial charge in [-0.3, -0.25) is 0 Å². The average molecular weight is 504 g/mol. The van der Waals surface area contributed by atoms with Crippen molar-refractivity contribution >= 4 is 31.9 Å². The van der Waals surface area contributed by atoms with Crippen LogP contribution in [0.25, 0.3) is 0 Å². The minimum atomic E-state index is -0.0403. The highest BCUT2D eigenvalue weighted by Gasteiger charge is 2.25. The van der Waals surface area contributed by atoms with Crippen LogP contribution in [0.4, 0.5) is 0 Å². The third-order valence-electron chi connectivity index (χ3n) is 4.96. The topological polar surface area (TPSA) is 18.5 Å². The molecule has 0 radical (unpaired) electrons.